The Hall–Kier alpha value is -3.37. The van der Waals surface area contributed by atoms with E-state index >= 15 is 0 Å². The lowest BCUT2D eigenvalue weighted by Gasteiger charge is -2.23. The Kier molecular flexibility index (Phi) is 5.19. The molecule has 4 nitrogen and oxygen atoms in total. The SMILES string of the molecule is Cc1ccc2[nH]c(=O)c(CN(C(=O)c3ccccc3Cl)c3ccccc3)cc2c1. The Morgan fingerprint density at radius 1 is 0.966 bits per heavy atom. The Bertz CT molecular complexity index is 1250. The molecule has 5 heteroatoms. The zero-order valence-electron chi connectivity index (χ0n) is 15.9. The van der Waals surface area contributed by atoms with Crippen LogP contribution in [0.3, 0.4) is 0 Å². The second-order valence-corrected chi connectivity index (χ2v) is 7.33. The molecule has 0 atom stereocenters. The van der Waals surface area contributed by atoms with E-state index in [0.717, 1.165) is 16.5 Å². The molecule has 0 saturated carbocycles. The van der Waals surface area contributed by atoms with Crippen molar-refractivity contribution in [1.29, 1.82) is 0 Å². The van der Waals surface area contributed by atoms with Crippen LogP contribution in [0, 0.1) is 6.92 Å². The Labute approximate surface area is 173 Å². The van der Waals surface area contributed by atoms with Crippen molar-refractivity contribution in [2.75, 3.05) is 4.90 Å². The molecule has 0 saturated heterocycles. The summed E-state index contributed by atoms with van der Waals surface area (Å²) in [5.74, 6) is -0.259. The highest BCUT2D eigenvalue weighted by atomic mass is 35.5. The topological polar surface area (TPSA) is 53.2 Å². The predicted octanol–water partition coefficient (Wildman–Crippen LogP) is 5.34. The maximum atomic E-state index is 13.3. The van der Waals surface area contributed by atoms with E-state index in [1.807, 2.05) is 61.5 Å². The molecule has 1 N–H and O–H groups in total. The van der Waals surface area contributed by atoms with Gasteiger partial charge in [-0.3, -0.25) is 9.59 Å². The molecule has 0 aliphatic carbocycles. The van der Waals surface area contributed by atoms with E-state index < -0.39 is 0 Å². The van der Waals surface area contributed by atoms with E-state index in [-0.39, 0.29) is 18.0 Å². The van der Waals surface area contributed by atoms with Gasteiger partial charge in [-0.15, -0.1) is 0 Å². The highest BCUT2D eigenvalue weighted by Crippen LogP contribution is 2.24. The normalized spacial score (nSPS) is 10.8. The fraction of sp³-hybridized carbons (Fsp3) is 0.0833. The Morgan fingerprint density at radius 3 is 2.45 bits per heavy atom. The largest absolute Gasteiger partial charge is 0.322 e. The number of pyridine rings is 1. The molecular formula is C24H19ClN2O2. The number of fused-ring (bicyclic) bond motifs is 1. The van der Waals surface area contributed by atoms with E-state index in [2.05, 4.69) is 4.98 Å². The van der Waals surface area contributed by atoms with Crippen LogP contribution in [0.4, 0.5) is 5.69 Å². The number of anilines is 1. The van der Waals surface area contributed by atoms with Crippen LogP contribution in [-0.4, -0.2) is 10.9 Å². The minimum absolute atomic E-state index is 0.132. The Balaban J connectivity index is 1.80. The highest BCUT2D eigenvalue weighted by molar-refractivity contribution is 6.34. The van der Waals surface area contributed by atoms with Crippen molar-refractivity contribution < 1.29 is 4.79 Å². The molecular weight excluding hydrogens is 384 g/mol. The fourth-order valence-corrected chi connectivity index (χ4v) is 3.54. The van der Waals surface area contributed by atoms with Gasteiger partial charge in [-0.05, 0) is 54.8 Å². The lowest BCUT2D eigenvalue weighted by atomic mass is 10.1. The summed E-state index contributed by atoms with van der Waals surface area (Å²) in [6, 6.07) is 23.9. The second kappa shape index (κ2) is 7.94. The van der Waals surface area contributed by atoms with Gasteiger partial charge in [0, 0.05) is 16.8 Å². The van der Waals surface area contributed by atoms with E-state index in [1.165, 1.54) is 0 Å². The lowest BCUT2D eigenvalue weighted by Crippen LogP contribution is -2.33. The highest BCUT2D eigenvalue weighted by Gasteiger charge is 2.21. The average molecular weight is 403 g/mol. The molecule has 4 rings (SSSR count). The van der Waals surface area contributed by atoms with E-state index in [4.69, 9.17) is 11.6 Å². The molecule has 0 radical (unpaired) electrons. The number of para-hydroxylation sites is 1. The van der Waals surface area contributed by atoms with Crippen LogP contribution in [0.5, 0.6) is 0 Å². The number of aromatic nitrogens is 1. The van der Waals surface area contributed by atoms with Crippen molar-refractivity contribution in [2.24, 2.45) is 0 Å². The van der Waals surface area contributed by atoms with Crippen molar-refractivity contribution in [1.82, 2.24) is 4.98 Å². The summed E-state index contributed by atoms with van der Waals surface area (Å²) >= 11 is 6.27. The third kappa shape index (κ3) is 3.93. The van der Waals surface area contributed by atoms with Crippen molar-refractivity contribution in [2.45, 2.75) is 13.5 Å². The molecule has 1 aromatic heterocycles. The predicted molar refractivity (Wildman–Crippen MR) is 118 cm³/mol. The number of halogens is 1. The molecule has 0 spiro atoms. The number of nitrogens with one attached hydrogen (secondary N) is 1. The zero-order valence-corrected chi connectivity index (χ0v) is 16.6. The monoisotopic (exact) mass is 402 g/mol. The van der Waals surface area contributed by atoms with Gasteiger partial charge in [-0.2, -0.15) is 0 Å². The number of H-pyrrole nitrogens is 1. The number of carbonyl (C=O) groups excluding carboxylic acids is 1. The first kappa shape index (κ1) is 19.0. The van der Waals surface area contributed by atoms with Gasteiger partial charge in [0.2, 0.25) is 0 Å². The number of hydrogen-bond donors (Lipinski definition) is 1. The van der Waals surface area contributed by atoms with Crippen LogP contribution in [0.2, 0.25) is 5.02 Å². The molecule has 0 fully saturated rings. The van der Waals surface area contributed by atoms with Gasteiger partial charge in [-0.25, -0.2) is 0 Å². The average Bonchev–Trinajstić information content (AvgIpc) is 2.73. The van der Waals surface area contributed by atoms with Crippen molar-refractivity contribution >= 4 is 34.1 Å². The van der Waals surface area contributed by atoms with Gasteiger partial charge in [-0.1, -0.05) is 53.6 Å². The van der Waals surface area contributed by atoms with Gasteiger partial charge in [0.15, 0.2) is 0 Å². The first-order valence-electron chi connectivity index (χ1n) is 9.27. The van der Waals surface area contributed by atoms with Crippen LogP contribution >= 0.6 is 11.6 Å². The fourth-order valence-electron chi connectivity index (χ4n) is 3.33. The number of hydrogen-bond acceptors (Lipinski definition) is 2. The number of rotatable bonds is 4. The molecule has 1 amide bonds. The summed E-state index contributed by atoms with van der Waals surface area (Å²) in [4.78, 5) is 30.5. The second-order valence-electron chi connectivity index (χ2n) is 6.92. The molecule has 0 bridgehead atoms. The molecule has 0 aliphatic rings. The molecule has 4 aromatic rings. The maximum Gasteiger partial charge on any atom is 0.260 e. The van der Waals surface area contributed by atoms with Crippen LogP contribution in [-0.2, 0) is 6.54 Å². The molecule has 3 aromatic carbocycles. The van der Waals surface area contributed by atoms with Crippen LogP contribution in [0.15, 0.2) is 83.7 Å². The number of benzene rings is 3. The molecule has 1 heterocycles. The van der Waals surface area contributed by atoms with Crippen LogP contribution < -0.4 is 10.5 Å². The van der Waals surface area contributed by atoms with Gasteiger partial charge in [0.25, 0.3) is 11.5 Å². The van der Waals surface area contributed by atoms with Gasteiger partial charge in [0.05, 0.1) is 17.1 Å². The van der Waals surface area contributed by atoms with Gasteiger partial charge in [0.1, 0.15) is 0 Å². The summed E-state index contributed by atoms with van der Waals surface area (Å²) in [6.07, 6.45) is 0. The summed E-state index contributed by atoms with van der Waals surface area (Å²) in [5.41, 5.74) is 3.25. The van der Waals surface area contributed by atoms with E-state index in [1.54, 1.807) is 29.2 Å². The first-order chi connectivity index (χ1) is 14.0. The summed E-state index contributed by atoms with van der Waals surface area (Å²) in [6.45, 7) is 2.13. The summed E-state index contributed by atoms with van der Waals surface area (Å²) in [7, 11) is 0. The standard InChI is InChI=1S/C24H19ClN2O2/c1-16-11-12-22-17(13-16)14-18(23(28)26-22)15-27(19-7-3-2-4-8-19)24(29)20-9-5-6-10-21(20)25/h2-14H,15H2,1H3,(H,26,28). The molecule has 0 aliphatic heterocycles. The zero-order chi connectivity index (χ0) is 20.4. The number of aryl methyl sites for hydroxylation is 1. The van der Waals surface area contributed by atoms with Crippen LogP contribution in [0.1, 0.15) is 21.5 Å². The quantitative estimate of drug-likeness (QED) is 0.501. The minimum Gasteiger partial charge on any atom is -0.322 e. The van der Waals surface area contributed by atoms with Crippen molar-refractivity contribution in [3.63, 3.8) is 0 Å². The Morgan fingerprint density at radius 2 is 1.69 bits per heavy atom. The van der Waals surface area contributed by atoms with Gasteiger partial charge < -0.3 is 9.88 Å². The van der Waals surface area contributed by atoms with E-state index in [0.29, 0.717) is 21.8 Å². The smallest absolute Gasteiger partial charge is 0.260 e. The summed E-state index contributed by atoms with van der Waals surface area (Å²) in [5, 5.41) is 1.30. The number of amides is 1. The lowest BCUT2D eigenvalue weighted by molar-refractivity contribution is 0.0985. The van der Waals surface area contributed by atoms with E-state index in [9.17, 15) is 9.59 Å². The van der Waals surface area contributed by atoms with Crippen LogP contribution in [0.25, 0.3) is 10.9 Å². The number of carbonyl (C=O) groups is 1. The molecule has 0 unspecified atom stereocenters. The van der Waals surface area contributed by atoms with Crippen molar-refractivity contribution in [3.05, 3.63) is 111 Å². The summed E-state index contributed by atoms with van der Waals surface area (Å²) < 4.78 is 0. The van der Waals surface area contributed by atoms with Crippen molar-refractivity contribution in [3.8, 4) is 0 Å². The molecule has 144 valence electrons. The number of nitrogens with zero attached hydrogens (tertiary/aromatic N) is 1. The minimum atomic E-state index is -0.259. The molecule has 29 heavy (non-hydrogen) atoms. The first-order valence-corrected chi connectivity index (χ1v) is 9.65. The third-order valence-electron chi connectivity index (χ3n) is 4.82. The van der Waals surface area contributed by atoms with Gasteiger partial charge >= 0.3 is 0 Å². The maximum absolute atomic E-state index is 13.3. The third-order valence-corrected chi connectivity index (χ3v) is 5.15. The number of aromatic amines is 1.